The van der Waals surface area contributed by atoms with Crippen molar-refractivity contribution >= 4 is 52.1 Å². The lowest BCUT2D eigenvalue weighted by Gasteiger charge is -2.05. The van der Waals surface area contributed by atoms with E-state index in [-0.39, 0.29) is 0 Å². The van der Waals surface area contributed by atoms with Gasteiger partial charge in [-0.25, -0.2) is 0 Å². The zero-order valence-electron chi connectivity index (χ0n) is 9.72. The lowest BCUT2D eigenvalue weighted by molar-refractivity contribution is 0.955. The number of benzene rings is 1. The number of aromatic nitrogens is 2. The molecular formula is C11H12ClN3S3. The number of hydrogen-bond acceptors (Lipinski definition) is 6. The molecule has 0 amide bonds. The highest BCUT2D eigenvalue weighted by Gasteiger charge is 2.03. The highest BCUT2D eigenvalue weighted by atomic mass is 35.5. The fourth-order valence-electron chi connectivity index (χ4n) is 1.27. The monoisotopic (exact) mass is 317 g/mol. The lowest BCUT2D eigenvalue weighted by Crippen LogP contribution is -2.03. The molecule has 0 bridgehead atoms. The third kappa shape index (κ3) is 4.35. The predicted octanol–water partition coefficient (Wildman–Crippen LogP) is 4.12. The summed E-state index contributed by atoms with van der Waals surface area (Å²) in [6, 6.07) is 7.73. The average Bonchev–Trinajstić information content (AvgIpc) is 2.83. The van der Waals surface area contributed by atoms with E-state index in [1.54, 1.807) is 34.9 Å². The van der Waals surface area contributed by atoms with Crippen molar-refractivity contribution in [2.45, 2.75) is 8.68 Å². The number of halogens is 1. The van der Waals surface area contributed by atoms with Crippen LogP contribution in [0.3, 0.4) is 0 Å². The van der Waals surface area contributed by atoms with Crippen LogP contribution in [0.1, 0.15) is 0 Å². The van der Waals surface area contributed by atoms with E-state index in [0.29, 0.717) is 0 Å². The Morgan fingerprint density at radius 3 is 2.89 bits per heavy atom. The van der Waals surface area contributed by atoms with E-state index in [9.17, 15) is 0 Å². The maximum Gasteiger partial charge on any atom is 0.175 e. The smallest absolute Gasteiger partial charge is 0.175 e. The molecule has 18 heavy (non-hydrogen) atoms. The summed E-state index contributed by atoms with van der Waals surface area (Å²) in [5.41, 5.74) is 1.05. The summed E-state index contributed by atoms with van der Waals surface area (Å²) < 4.78 is 2.03. The Hall–Kier alpha value is -0.430. The average molecular weight is 318 g/mol. The first kappa shape index (κ1) is 14.0. The summed E-state index contributed by atoms with van der Waals surface area (Å²) in [5.74, 6) is 0.954. The van der Waals surface area contributed by atoms with Gasteiger partial charge in [-0.1, -0.05) is 52.5 Å². The Balaban J connectivity index is 1.72. The molecule has 2 rings (SSSR count). The zero-order valence-corrected chi connectivity index (χ0v) is 12.9. The summed E-state index contributed by atoms with van der Waals surface area (Å²) in [5, 5.41) is 12.2. The third-order valence-electron chi connectivity index (χ3n) is 2.04. The summed E-state index contributed by atoms with van der Waals surface area (Å²) in [6.07, 6.45) is 2.01. The van der Waals surface area contributed by atoms with Crippen molar-refractivity contribution < 1.29 is 0 Å². The van der Waals surface area contributed by atoms with Crippen molar-refractivity contribution in [3.05, 3.63) is 29.3 Å². The molecule has 0 saturated heterocycles. The van der Waals surface area contributed by atoms with Crippen LogP contribution in [0.5, 0.6) is 0 Å². The van der Waals surface area contributed by atoms with E-state index >= 15 is 0 Å². The second-order valence-electron chi connectivity index (χ2n) is 3.32. The molecule has 1 heterocycles. The van der Waals surface area contributed by atoms with E-state index in [1.807, 2.05) is 30.5 Å². The largest absolute Gasteiger partial charge is 0.384 e. The van der Waals surface area contributed by atoms with Gasteiger partial charge in [-0.3, -0.25) is 0 Å². The SMILES string of the molecule is CSc1nnc(SCCNc2cccc(Cl)c2)s1. The molecule has 1 aromatic heterocycles. The maximum absolute atomic E-state index is 5.91. The van der Waals surface area contributed by atoms with Gasteiger partial charge in [-0.15, -0.1) is 10.2 Å². The first-order valence-corrected chi connectivity index (χ1v) is 8.68. The quantitative estimate of drug-likeness (QED) is 0.641. The Labute approximate surface area is 124 Å². The molecule has 0 fully saturated rings. The highest BCUT2D eigenvalue weighted by molar-refractivity contribution is 8.02. The first-order valence-electron chi connectivity index (χ1n) is 5.27. The number of hydrogen-bond donors (Lipinski definition) is 1. The normalized spacial score (nSPS) is 10.6. The summed E-state index contributed by atoms with van der Waals surface area (Å²) in [7, 11) is 0. The minimum absolute atomic E-state index is 0.751. The minimum Gasteiger partial charge on any atom is -0.384 e. The molecule has 96 valence electrons. The lowest BCUT2D eigenvalue weighted by atomic mass is 10.3. The molecule has 7 heteroatoms. The van der Waals surface area contributed by atoms with Crippen LogP contribution in [0.25, 0.3) is 0 Å². The number of nitrogens with one attached hydrogen (secondary N) is 1. The van der Waals surface area contributed by atoms with Gasteiger partial charge in [0.25, 0.3) is 0 Å². The van der Waals surface area contributed by atoms with Crippen molar-refractivity contribution in [1.82, 2.24) is 10.2 Å². The van der Waals surface area contributed by atoms with E-state index in [1.165, 1.54) is 0 Å². The Kier molecular flexibility index (Phi) is 5.62. The molecule has 3 nitrogen and oxygen atoms in total. The molecule has 0 radical (unpaired) electrons. The molecule has 0 aliphatic heterocycles. The molecular weight excluding hydrogens is 306 g/mol. The van der Waals surface area contributed by atoms with Crippen LogP contribution in [-0.2, 0) is 0 Å². The van der Waals surface area contributed by atoms with Crippen molar-refractivity contribution in [2.24, 2.45) is 0 Å². The standard InChI is InChI=1S/C11H12ClN3S3/c1-16-10-14-15-11(18-10)17-6-5-13-9-4-2-3-8(12)7-9/h2-4,7,13H,5-6H2,1H3. The van der Waals surface area contributed by atoms with E-state index in [0.717, 1.165) is 31.7 Å². The highest BCUT2D eigenvalue weighted by Crippen LogP contribution is 2.27. The van der Waals surface area contributed by atoms with Crippen LogP contribution < -0.4 is 5.32 Å². The number of rotatable bonds is 6. The third-order valence-corrected chi connectivity index (χ3v) is 5.31. The van der Waals surface area contributed by atoms with Crippen molar-refractivity contribution in [2.75, 3.05) is 23.9 Å². The first-order chi connectivity index (χ1) is 8.78. The van der Waals surface area contributed by atoms with Gasteiger partial charge in [0.15, 0.2) is 8.68 Å². The van der Waals surface area contributed by atoms with Gasteiger partial charge in [0, 0.05) is 23.0 Å². The number of thioether (sulfide) groups is 2. The van der Waals surface area contributed by atoms with Crippen LogP contribution in [0.2, 0.25) is 5.02 Å². The molecule has 0 unspecified atom stereocenters. The van der Waals surface area contributed by atoms with Gasteiger partial charge in [0.05, 0.1) is 0 Å². The second kappa shape index (κ2) is 7.23. The van der Waals surface area contributed by atoms with Crippen molar-refractivity contribution in [3.8, 4) is 0 Å². The van der Waals surface area contributed by atoms with E-state index in [4.69, 9.17) is 11.6 Å². The van der Waals surface area contributed by atoms with E-state index in [2.05, 4.69) is 15.5 Å². The molecule has 1 aromatic carbocycles. The summed E-state index contributed by atoms with van der Waals surface area (Å²) in [4.78, 5) is 0. The minimum atomic E-state index is 0.751. The van der Waals surface area contributed by atoms with Gasteiger partial charge in [0.1, 0.15) is 0 Å². The number of nitrogens with zero attached hydrogens (tertiary/aromatic N) is 2. The summed E-state index contributed by atoms with van der Waals surface area (Å²) >= 11 is 10.9. The Morgan fingerprint density at radius 2 is 2.17 bits per heavy atom. The number of anilines is 1. The van der Waals surface area contributed by atoms with Crippen LogP contribution in [0.15, 0.2) is 32.9 Å². The molecule has 1 N–H and O–H groups in total. The molecule has 0 aliphatic carbocycles. The molecule has 0 atom stereocenters. The fourth-order valence-corrected chi connectivity index (χ4v) is 3.82. The van der Waals surface area contributed by atoms with Gasteiger partial charge < -0.3 is 5.32 Å². The molecule has 0 saturated carbocycles. The fraction of sp³-hybridized carbons (Fsp3) is 0.273. The van der Waals surface area contributed by atoms with Crippen LogP contribution in [0.4, 0.5) is 5.69 Å². The van der Waals surface area contributed by atoms with Crippen LogP contribution in [-0.4, -0.2) is 28.8 Å². The van der Waals surface area contributed by atoms with Crippen molar-refractivity contribution in [3.63, 3.8) is 0 Å². The van der Waals surface area contributed by atoms with Crippen molar-refractivity contribution in [1.29, 1.82) is 0 Å². The second-order valence-corrected chi connectivity index (χ2v) is 7.13. The topological polar surface area (TPSA) is 37.8 Å². The molecule has 2 aromatic rings. The van der Waals surface area contributed by atoms with Crippen LogP contribution >= 0.6 is 46.5 Å². The zero-order chi connectivity index (χ0) is 12.8. The van der Waals surface area contributed by atoms with E-state index < -0.39 is 0 Å². The van der Waals surface area contributed by atoms with Gasteiger partial charge in [0.2, 0.25) is 0 Å². The molecule has 0 spiro atoms. The Bertz CT molecular complexity index is 504. The van der Waals surface area contributed by atoms with Crippen LogP contribution in [0, 0.1) is 0 Å². The molecule has 0 aliphatic rings. The van der Waals surface area contributed by atoms with Gasteiger partial charge >= 0.3 is 0 Å². The van der Waals surface area contributed by atoms with Gasteiger partial charge in [-0.2, -0.15) is 0 Å². The van der Waals surface area contributed by atoms with Gasteiger partial charge in [-0.05, 0) is 24.5 Å². The maximum atomic E-state index is 5.91. The summed E-state index contributed by atoms with van der Waals surface area (Å²) in [6.45, 7) is 0.874. The Morgan fingerprint density at radius 1 is 1.33 bits per heavy atom. The predicted molar refractivity (Wildman–Crippen MR) is 82.4 cm³/mol.